The number of piperazine rings is 1. The van der Waals surface area contributed by atoms with Gasteiger partial charge in [-0.05, 0) is 36.8 Å². The summed E-state index contributed by atoms with van der Waals surface area (Å²) < 4.78 is 28.1. The van der Waals surface area contributed by atoms with E-state index in [-0.39, 0.29) is 17.3 Å². The predicted octanol–water partition coefficient (Wildman–Crippen LogP) is 3.53. The van der Waals surface area contributed by atoms with Crippen molar-refractivity contribution < 1.29 is 13.2 Å². The molecule has 6 nitrogen and oxygen atoms in total. The molecule has 0 radical (unpaired) electrons. The Labute approximate surface area is 196 Å². The zero-order chi connectivity index (χ0) is 23.3. The average Bonchev–Trinajstić information content (AvgIpc) is 2.85. The van der Waals surface area contributed by atoms with E-state index >= 15 is 0 Å². The summed E-state index contributed by atoms with van der Waals surface area (Å²) in [5.41, 5.74) is 2.76. The highest BCUT2D eigenvalue weighted by atomic mass is 32.2. The summed E-state index contributed by atoms with van der Waals surface area (Å²) in [4.78, 5) is 17.4. The van der Waals surface area contributed by atoms with Crippen LogP contribution in [0.25, 0.3) is 0 Å². The molecule has 0 N–H and O–H groups in total. The van der Waals surface area contributed by atoms with Crippen molar-refractivity contribution in [3.63, 3.8) is 0 Å². The van der Waals surface area contributed by atoms with Crippen LogP contribution in [0.4, 0.5) is 5.69 Å². The van der Waals surface area contributed by atoms with Crippen LogP contribution in [0.2, 0.25) is 0 Å². The Morgan fingerprint density at radius 1 is 0.818 bits per heavy atom. The first-order valence-corrected chi connectivity index (χ1v) is 12.6. The van der Waals surface area contributed by atoms with Crippen molar-refractivity contribution in [1.29, 1.82) is 0 Å². The lowest BCUT2D eigenvalue weighted by molar-refractivity contribution is -0.131. The first-order chi connectivity index (χ1) is 15.9. The molecular formula is C26H29N3O3S. The van der Waals surface area contributed by atoms with Gasteiger partial charge in [-0.1, -0.05) is 66.2 Å². The SMILES string of the molecule is Cc1ccc(N(CC(=O)N2CCN(Cc3ccccc3)CC2)S(=O)(=O)c2ccccc2)cc1. The molecule has 1 heterocycles. The van der Waals surface area contributed by atoms with Crippen molar-refractivity contribution in [3.05, 3.63) is 96.1 Å². The molecule has 172 valence electrons. The van der Waals surface area contributed by atoms with E-state index < -0.39 is 10.0 Å². The maximum absolute atomic E-state index is 13.4. The van der Waals surface area contributed by atoms with Gasteiger partial charge in [0.25, 0.3) is 10.0 Å². The molecule has 4 rings (SSSR count). The Hall–Kier alpha value is -3.16. The average molecular weight is 464 g/mol. The van der Waals surface area contributed by atoms with E-state index in [1.165, 1.54) is 9.87 Å². The number of nitrogens with zero attached hydrogens (tertiary/aromatic N) is 3. The minimum absolute atomic E-state index is 0.172. The van der Waals surface area contributed by atoms with Crippen LogP contribution < -0.4 is 4.31 Å². The monoisotopic (exact) mass is 463 g/mol. The molecule has 3 aromatic carbocycles. The highest BCUT2D eigenvalue weighted by Gasteiger charge is 2.30. The second-order valence-corrected chi connectivity index (χ2v) is 10.2. The maximum atomic E-state index is 13.4. The topological polar surface area (TPSA) is 60.9 Å². The largest absolute Gasteiger partial charge is 0.339 e. The van der Waals surface area contributed by atoms with Gasteiger partial charge >= 0.3 is 0 Å². The Morgan fingerprint density at radius 3 is 2.00 bits per heavy atom. The van der Waals surface area contributed by atoms with E-state index in [0.29, 0.717) is 18.8 Å². The Morgan fingerprint density at radius 2 is 1.39 bits per heavy atom. The maximum Gasteiger partial charge on any atom is 0.264 e. The molecule has 7 heteroatoms. The number of hydrogen-bond acceptors (Lipinski definition) is 4. The molecule has 0 atom stereocenters. The summed E-state index contributed by atoms with van der Waals surface area (Å²) in [6.45, 7) is 5.25. The third-order valence-corrected chi connectivity index (χ3v) is 7.69. The molecule has 0 aliphatic carbocycles. The fourth-order valence-electron chi connectivity index (χ4n) is 3.97. The van der Waals surface area contributed by atoms with Gasteiger partial charge in [-0.2, -0.15) is 0 Å². The molecule has 1 saturated heterocycles. The van der Waals surface area contributed by atoms with Gasteiger partial charge in [-0.15, -0.1) is 0 Å². The summed E-state index contributed by atoms with van der Waals surface area (Å²) in [7, 11) is -3.88. The number of sulfonamides is 1. The minimum atomic E-state index is -3.88. The Kier molecular flexibility index (Phi) is 7.11. The van der Waals surface area contributed by atoms with Crippen LogP contribution in [0.3, 0.4) is 0 Å². The van der Waals surface area contributed by atoms with Gasteiger partial charge in [0.15, 0.2) is 0 Å². The van der Waals surface area contributed by atoms with Gasteiger partial charge in [-0.25, -0.2) is 8.42 Å². The molecule has 3 aromatic rings. The van der Waals surface area contributed by atoms with Crippen molar-refractivity contribution in [2.24, 2.45) is 0 Å². The summed E-state index contributed by atoms with van der Waals surface area (Å²) in [5.74, 6) is -0.186. The standard InChI is InChI=1S/C26H29N3O3S/c1-22-12-14-24(15-13-22)29(33(31,32)25-10-6-3-7-11-25)21-26(30)28-18-16-27(17-19-28)20-23-8-4-2-5-9-23/h2-15H,16-21H2,1H3. The summed E-state index contributed by atoms with van der Waals surface area (Å²) in [6.07, 6.45) is 0. The lowest BCUT2D eigenvalue weighted by atomic mass is 10.2. The molecule has 0 bridgehead atoms. The van der Waals surface area contributed by atoms with Crippen molar-refractivity contribution in [2.45, 2.75) is 18.4 Å². The molecule has 0 unspecified atom stereocenters. The van der Waals surface area contributed by atoms with Crippen LogP contribution in [-0.2, 0) is 21.4 Å². The van der Waals surface area contributed by atoms with Crippen molar-refractivity contribution in [2.75, 3.05) is 37.0 Å². The van der Waals surface area contributed by atoms with E-state index in [9.17, 15) is 13.2 Å². The molecule has 0 saturated carbocycles. The van der Waals surface area contributed by atoms with E-state index in [0.717, 1.165) is 25.2 Å². The second-order valence-electron chi connectivity index (χ2n) is 8.30. The Bertz CT molecular complexity index is 1160. The van der Waals surface area contributed by atoms with Crippen LogP contribution in [0.5, 0.6) is 0 Å². The number of amides is 1. The summed E-state index contributed by atoms with van der Waals surface area (Å²) >= 11 is 0. The van der Waals surface area contributed by atoms with E-state index in [2.05, 4.69) is 17.0 Å². The number of aryl methyl sites for hydroxylation is 1. The number of rotatable bonds is 7. The number of carbonyl (C=O) groups is 1. The molecule has 1 amide bonds. The molecule has 33 heavy (non-hydrogen) atoms. The smallest absolute Gasteiger partial charge is 0.264 e. The molecule has 0 aromatic heterocycles. The number of carbonyl (C=O) groups excluding carboxylic acids is 1. The molecule has 1 fully saturated rings. The number of anilines is 1. The summed E-state index contributed by atoms with van der Waals surface area (Å²) in [6, 6.07) is 25.8. The normalized spacial score (nSPS) is 14.8. The Balaban J connectivity index is 1.47. The predicted molar refractivity (Wildman–Crippen MR) is 130 cm³/mol. The van der Waals surface area contributed by atoms with E-state index in [1.807, 2.05) is 37.3 Å². The van der Waals surface area contributed by atoms with E-state index in [4.69, 9.17) is 0 Å². The third-order valence-electron chi connectivity index (χ3n) is 5.91. The first kappa shape index (κ1) is 23.0. The van der Waals surface area contributed by atoms with Crippen LogP contribution in [0, 0.1) is 6.92 Å². The van der Waals surface area contributed by atoms with Crippen molar-refractivity contribution in [3.8, 4) is 0 Å². The van der Waals surface area contributed by atoms with Gasteiger partial charge in [0, 0.05) is 32.7 Å². The lowest BCUT2D eigenvalue weighted by Gasteiger charge is -2.36. The zero-order valence-corrected chi connectivity index (χ0v) is 19.6. The fourth-order valence-corrected chi connectivity index (χ4v) is 5.40. The highest BCUT2D eigenvalue weighted by Crippen LogP contribution is 2.24. The molecule has 1 aliphatic rings. The molecule has 1 aliphatic heterocycles. The van der Waals surface area contributed by atoms with E-state index in [1.54, 1.807) is 47.4 Å². The van der Waals surface area contributed by atoms with Crippen LogP contribution in [0.1, 0.15) is 11.1 Å². The van der Waals surface area contributed by atoms with Gasteiger partial charge in [0.2, 0.25) is 5.91 Å². The van der Waals surface area contributed by atoms with Gasteiger partial charge < -0.3 is 4.90 Å². The first-order valence-electron chi connectivity index (χ1n) is 11.1. The lowest BCUT2D eigenvalue weighted by Crippen LogP contribution is -2.51. The van der Waals surface area contributed by atoms with Crippen LogP contribution in [0.15, 0.2) is 89.8 Å². The second kappa shape index (κ2) is 10.2. The minimum Gasteiger partial charge on any atom is -0.339 e. The quantitative estimate of drug-likeness (QED) is 0.538. The number of benzene rings is 3. The van der Waals surface area contributed by atoms with Crippen molar-refractivity contribution >= 4 is 21.6 Å². The molecular weight excluding hydrogens is 434 g/mol. The third kappa shape index (κ3) is 5.61. The van der Waals surface area contributed by atoms with Crippen LogP contribution >= 0.6 is 0 Å². The van der Waals surface area contributed by atoms with Crippen LogP contribution in [-0.4, -0.2) is 56.8 Å². The fraction of sp³-hybridized carbons (Fsp3) is 0.269. The van der Waals surface area contributed by atoms with Gasteiger partial charge in [0.1, 0.15) is 6.54 Å². The molecule has 0 spiro atoms. The highest BCUT2D eigenvalue weighted by molar-refractivity contribution is 7.92. The van der Waals surface area contributed by atoms with Gasteiger partial charge in [0.05, 0.1) is 10.6 Å². The zero-order valence-electron chi connectivity index (χ0n) is 18.8. The summed E-state index contributed by atoms with van der Waals surface area (Å²) in [5, 5.41) is 0. The van der Waals surface area contributed by atoms with Crippen molar-refractivity contribution in [1.82, 2.24) is 9.80 Å². The number of hydrogen-bond donors (Lipinski definition) is 0. The van der Waals surface area contributed by atoms with Gasteiger partial charge in [-0.3, -0.25) is 14.0 Å².